The maximum Gasteiger partial charge on any atom is 0.455 e. The number of quaternary nitrogens is 2. The fraction of sp³-hybridized carbons (Fsp3) is 1.00. The third kappa shape index (κ3) is 30.8. The van der Waals surface area contributed by atoms with Gasteiger partial charge in [-0.05, 0) is 36.5 Å². The molecule has 26 heteroatoms. The molecule has 0 aromatic heterocycles. The van der Waals surface area contributed by atoms with Crippen LogP contribution in [0.25, 0.3) is 0 Å². The molecular weight excluding hydrogens is 752 g/mol. The Morgan fingerprint density at radius 2 is 0.787 bits per heavy atom. The fourth-order valence-corrected chi connectivity index (χ4v) is 6.28. The Kier molecular flexibility index (Phi) is 21.8. The smallest absolute Gasteiger partial charge is 0.455 e. The molecule has 0 heterocycles. The lowest BCUT2D eigenvalue weighted by atomic mass is 9.85. The average Bonchev–Trinajstić information content (AvgIpc) is 2.76. The first-order valence-corrected chi connectivity index (χ1v) is 19.7. The first-order valence-electron chi connectivity index (χ1n) is 12.4. The van der Waals surface area contributed by atoms with Crippen molar-refractivity contribution >= 4 is 39.9 Å². The summed E-state index contributed by atoms with van der Waals surface area (Å²) >= 11 is 0. The molecule has 0 aliphatic carbocycles. The number of hydrogen-bond donors (Lipinski definition) is 2. The molecule has 0 amide bonds. The fourth-order valence-electron chi connectivity index (χ4n) is 3.07. The molecule has 0 radical (unpaired) electrons. The number of rotatable bonds is 19. The number of halogens is 8. The first-order chi connectivity index (χ1) is 19.5. The Morgan fingerprint density at radius 1 is 0.511 bits per heavy atom. The normalized spacial score (nSPS) is 16.0. The van der Waals surface area contributed by atoms with Crippen molar-refractivity contribution in [2.24, 2.45) is 10.8 Å². The van der Waals surface area contributed by atoms with E-state index in [2.05, 4.69) is 9.47 Å². The van der Waals surface area contributed by atoms with Crippen LogP contribution in [0.2, 0.25) is 0 Å². The van der Waals surface area contributed by atoms with Crippen LogP contribution in [0.4, 0.5) is 35.1 Å². The second-order valence-electron chi connectivity index (χ2n) is 11.2. The molecule has 290 valence electrons. The van der Waals surface area contributed by atoms with Gasteiger partial charge in [0, 0.05) is 24.0 Å². The molecule has 0 bridgehead atoms. The average molecular weight is 797 g/mol. The zero-order chi connectivity index (χ0) is 36.4. The first kappa shape index (κ1) is 52.8. The monoisotopic (exact) mass is 796 g/mol. The molecule has 0 aromatic rings. The van der Waals surface area contributed by atoms with E-state index in [0.717, 1.165) is 12.5 Å². The molecule has 0 spiro atoms. The van der Waals surface area contributed by atoms with Gasteiger partial charge < -0.3 is 30.9 Å². The van der Waals surface area contributed by atoms with Crippen molar-refractivity contribution < 1.29 is 87.4 Å². The van der Waals surface area contributed by atoms with E-state index >= 15 is 0 Å². The minimum Gasteiger partial charge on any atom is -0.748 e. The zero-order valence-electron chi connectivity index (χ0n) is 26.5. The predicted octanol–water partition coefficient (Wildman–Crippen LogP) is 3.27. The minimum absolute atomic E-state index is 0. The van der Waals surface area contributed by atoms with E-state index < -0.39 is 119 Å². The van der Waals surface area contributed by atoms with Crippen molar-refractivity contribution in [3.8, 4) is 0 Å². The van der Waals surface area contributed by atoms with E-state index in [1.807, 2.05) is 0 Å². The van der Waals surface area contributed by atoms with Crippen LogP contribution < -0.4 is 12.3 Å². The number of sulfone groups is 2. The minimum atomic E-state index is -5.81. The summed E-state index contributed by atoms with van der Waals surface area (Å²) in [4.78, 5) is 0. The summed E-state index contributed by atoms with van der Waals surface area (Å²) < 4.78 is 215. The summed E-state index contributed by atoms with van der Waals surface area (Å²) in [6, 6.07) is 0. The highest BCUT2D eigenvalue weighted by Gasteiger charge is 2.57. The lowest BCUT2D eigenvalue weighted by Crippen LogP contribution is -2.42. The molecule has 14 nitrogen and oxygen atoms in total. The van der Waals surface area contributed by atoms with E-state index in [9.17, 15) is 77.9 Å². The van der Waals surface area contributed by atoms with E-state index in [0.29, 0.717) is 0 Å². The van der Waals surface area contributed by atoms with Crippen LogP contribution in [0.5, 0.6) is 0 Å². The van der Waals surface area contributed by atoms with Gasteiger partial charge in [0.2, 0.25) is 0 Å². The second kappa shape index (κ2) is 19.4. The molecule has 47 heavy (non-hydrogen) atoms. The van der Waals surface area contributed by atoms with Gasteiger partial charge >= 0.3 is 18.3 Å². The molecule has 0 aromatic carbocycles. The van der Waals surface area contributed by atoms with Crippen molar-refractivity contribution in [2.45, 2.75) is 57.8 Å². The van der Waals surface area contributed by atoms with Gasteiger partial charge in [-0.15, -0.1) is 0 Å². The van der Waals surface area contributed by atoms with Crippen LogP contribution in [0.1, 0.15) is 39.5 Å². The lowest BCUT2D eigenvalue weighted by molar-refractivity contribution is -0.298. The third-order valence-corrected chi connectivity index (χ3v) is 9.23. The highest BCUT2D eigenvalue weighted by Crippen LogP contribution is 2.36. The number of alkyl halides is 8. The number of ether oxygens (including phenoxy) is 2. The Morgan fingerprint density at radius 3 is 1.02 bits per heavy atom. The molecule has 0 saturated heterocycles. The van der Waals surface area contributed by atoms with Crippen LogP contribution in [-0.4, -0.2) is 123 Å². The van der Waals surface area contributed by atoms with Gasteiger partial charge in [0.05, 0.1) is 45.0 Å². The van der Waals surface area contributed by atoms with Crippen LogP contribution in [0.15, 0.2) is 0 Å². The van der Waals surface area contributed by atoms with Gasteiger partial charge in [-0.25, -0.2) is 33.7 Å². The van der Waals surface area contributed by atoms with Crippen molar-refractivity contribution in [3.63, 3.8) is 0 Å². The summed E-state index contributed by atoms with van der Waals surface area (Å²) in [5, 5.41) is 0. The predicted molar refractivity (Wildman–Crippen MR) is 154 cm³/mol. The zero-order valence-corrected chi connectivity index (χ0v) is 29.8. The molecule has 0 fully saturated rings. The lowest BCUT2D eigenvalue weighted by Gasteiger charge is -2.30. The van der Waals surface area contributed by atoms with Gasteiger partial charge in [-0.1, -0.05) is 13.8 Å². The third-order valence-electron chi connectivity index (χ3n) is 5.93. The van der Waals surface area contributed by atoms with E-state index in [1.165, 1.54) is 13.8 Å². The molecule has 0 aliphatic heterocycles. The summed E-state index contributed by atoms with van der Waals surface area (Å²) in [5.74, 6) is -7.62. The maximum absolute atomic E-state index is 12.8. The Hall–Kier alpha value is -1.00. The largest absolute Gasteiger partial charge is 0.748 e. The second-order valence-corrected chi connectivity index (χ2v) is 18.8. The Labute approximate surface area is 269 Å². The molecular formula is C21H44F8N2O12S4. The molecule has 8 N–H and O–H groups in total. The van der Waals surface area contributed by atoms with Crippen LogP contribution in [-0.2, 0) is 49.4 Å². The van der Waals surface area contributed by atoms with Crippen molar-refractivity contribution in [2.75, 3.05) is 62.0 Å². The van der Waals surface area contributed by atoms with Gasteiger partial charge in [0.25, 0.3) is 0 Å². The molecule has 2 unspecified atom stereocenters. The summed E-state index contributed by atoms with van der Waals surface area (Å²) in [7, 11) is -16.1. The van der Waals surface area contributed by atoms with Crippen molar-refractivity contribution in [1.82, 2.24) is 12.3 Å². The topological polar surface area (TPSA) is 274 Å². The van der Waals surface area contributed by atoms with Crippen LogP contribution >= 0.6 is 0 Å². The quantitative estimate of drug-likeness (QED) is 0.141. The molecule has 0 saturated carbocycles. The van der Waals surface area contributed by atoms with E-state index in [-0.39, 0.29) is 37.3 Å². The summed E-state index contributed by atoms with van der Waals surface area (Å²) in [6.45, 7) is -2.13. The molecule has 2 atom stereocenters. The standard InChI is InChI=1S/C11H19F5O6S2.C10H19F3O6S2.2H3N/c1-9(3-5-23(2,17)18,4-6-24(19,20)21)7-22-8-10(12,13)11(14,15)16;1-9(3-5-20(2,14)15,4-6-21(16,17)18)7-19-8-10(11,12)13;;/h3-8H2,1-2H3,(H,19,20,21);3-8H2,1-2H3,(H,16,17,18);2*1H3. The Bertz CT molecular complexity index is 1280. The summed E-state index contributed by atoms with van der Waals surface area (Å²) in [6.07, 6.45) is -9.60. The SMILES string of the molecule is CC(CCS(C)(=O)=O)(CCS(=O)(=O)[O-])COCC(F)(F)C(F)(F)F.CC(CCS(C)(=O)=O)(CCS(=O)(=O)[O-])COCC(F)(F)F.[NH4+].[NH4+]. The van der Waals surface area contributed by atoms with Crippen molar-refractivity contribution in [1.29, 1.82) is 0 Å². The van der Waals surface area contributed by atoms with E-state index in [4.69, 9.17) is 0 Å². The molecule has 0 aliphatic rings. The van der Waals surface area contributed by atoms with Gasteiger partial charge in [-0.2, -0.15) is 35.1 Å². The maximum atomic E-state index is 12.8. The van der Waals surface area contributed by atoms with Crippen LogP contribution in [0, 0.1) is 10.8 Å². The van der Waals surface area contributed by atoms with Gasteiger partial charge in [-0.3, -0.25) is 0 Å². The van der Waals surface area contributed by atoms with Gasteiger partial charge in [0.1, 0.15) is 32.9 Å². The highest BCUT2D eigenvalue weighted by atomic mass is 32.2. The van der Waals surface area contributed by atoms with Crippen molar-refractivity contribution in [3.05, 3.63) is 0 Å². The molecule has 0 rings (SSSR count). The summed E-state index contributed by atoms with van der Waals surface area (Å²) in [5.41, 5.74) is -2.52. The Balaban J connectivity index is -0.000000380. The van der Waals surface area contributed by atoms with Crippen LogP contribution in [0.3, 0.4) is 0 Å². The van der Waals surface area contributed by atoms with Gasteiger partial charge in [0.15, 0.2) is 0 Å². The highest BCUT2D eigenvalue weighted by molar-refractivity contribution is 7.90. The van der Waals surface area contributed by atoms with E-state index in [1.54, 1.807) is 0 Å². The number of hydrogen-bond acceptors (Lipinski definition) is 12.